The minimum atomic E-state index is 0.335. The number of amides is 1. The van der Waals surface area contributed by atoms with E-state index in [0.29, 0.717) is 17.7 Å². The van der Waals surface area contributed by atoms with Crippen LogP contribution in [0.25, 0.3) is 11.2 Å². The highest BCUT2D eigenvalue weighted by Crippen LogP contribution is 2.31. The average molecular weight is 312 g/mol. The molecule has 1 amide bonds. The third-order valence-electron chi connectivity index (χ3n) is 5.51. The van der Waals surface area contributed by atoms with Crippen LogP contribution in [0.3, 0.4) is 0 Å². The van der Waals surface area contributed by atoms with E-state index in [2.05, 4.69) is 14.5 Å². The Morgan fingerprint density at radius 1 is 1.30 bits per heavy atom. The topological polar surface area (TPSA) is 51.0 Å². The Hall–Kier alpha value is -1.91. The number of carbonyl (C=O) groups is 1. The van der Waals surface area contributed by atoms with Gasteiger partial charge in [-0.1, -0.05) is 12.8 Å². The average Bonchev–Trinajstić information content (AvgIpc) is 3.28. The van der Waals surface area contributed by atoms with Crippen LogP contribution in [-0.4, -0.2) is 38.4 Å². The van der Waals surface area contributed by atoms with Crippen LogP contribution in [0.4, 0.5) is 0 Å². The number of rotatable bonds is 3. The third kappa shape index (κ3) is 2.73. The predicted octanol–water partition coefficient (Wildman–Crippen LogP) is 2.86. The zero-order valence-electron chi connectivity index (χ0n) is 13.7. The lowest BCUT2D eigenvalue weighted by Gasteiger charge is -2.18. The summed E-state index contributed by atoms with van der Waals surface area (Å²) in [4.78, 5) is 23.7. The minimum absolute atomic E-state index is 0.335. The van der Waals surface area contributed by atoms with Crippen LogP contribution in [0.2, 0.25) is 0 Å². The van der Waals surface area contributed by atoms with Gasteiger partial charge in [0.15, 0.2) is 5.65 Å². The van der Waals surface area contributed by atoms with Gasteiger partial charge in [0.2, 0.25) is 5.91 Å². The fraction of sp³-hybridized carbons (Fsp3) is 0.611. The number of carbonyl (C=O) groups excluding carboxylic acids is 1. The molecule has 1 aliphatic carbocycles. The van der Waals surface area contributed by atoms with Crippen molar-refractivity contribution in [2.45, 2.75) is 44.4 Å². The molecule has 1 atom stereocenters. The van der Waals surface area contributed by atoms with Crippen LogP contribution in [-0.2, 0) is 11.8 Å². The van der Waals surface area contributed by atoms with E-state index in [1.54, 1.807) is 6.20 Å². The monoisotopic (exact) mass is 312 g/mol. The summed E-state index contributed by atoms with van der Waals surface area (Å²) in [6, 6.07) is 3.93. The molecular weight excluding hydrogens is 288 g/mol. The Kier molecular flexibility index (Phi) is 3.79. The summed E-state index contributed by atoms with van der Waals surface area (Å²) in [5, 5.41) is 0. The molecule has 4 rings (SSSR count). The lowest BCUT2D eigenvalue weighted by atomic mass is 10.0. The highest BCUT2D eigenvalue weighted by Gasteiger charge is 2.31. The Bertz CT molecular complexity index is 717. The molecule has 5 nitrogen and oxygen atoms in total. The molecule has 1 saturated carbocycles. The number of likely N-dealkylation sites (tertiary alicyclic amines) is 1. The van der Waals surface area contributed by atoms with Crippen LogP contribution in [0.15, 0.2) is 18.3 Å². The van der Waals surface area contributed by atoms with E-state index in [1.807, 2.05) is 19.2 Å². The molecule has 1 unspecified atom stereocenters. The van der Waals surface area contributed by atoms with Crippen LogP contribution < -0.4 is 0 Å². The Morgan fingerprint density at radius 3 is 2.91 bits per heavy atom. The molecule has 5 heteroatoms. The van der Waals surface area contributed by atoms with Crippen LogP contribution in [0.1, 0.15) is 50.3 Å². The van der Waals surface area contributed by atoms with E-state index in [4.69, 9.17) is 4.98 Å². The summed E-state index contributed by atoms with van der Waals surface area (Å²) < 4.78 is 2.09. The van der Waals surface area contributed by atoms with Gasteiger partial charge < -0.3 is 9.47 Å². The van der Waals surface area contributed by atoms with Gasteiger partial charge in [0.05, 0.1) is 0 Å². The van der Waals surface area contributed by atoms with Crippen LogP contribution >= 0.6 is 0 Å². The molecule has 2 fully saturated rings. The van der Waals surface area contributed by atoms with E-state index in [9.17, 15) is 4.79 Å². The first kappa shape index (κ1) is 14.7. The van der Waals surface area contributed by atoms with Crippen molar-refractivity contribution < 1.29 is 4.79 Å². The van der Waals surface area contributed by atoms with Crippen molar-refractivity contribution >= 4 is 17.1 Å². The molecule has 122 valence electrons. The van der Waals surface area contributed by atoms with Crippen molar-refractivity contribution in [2.75, 3.05) is 13.1 Å². The summed E-state index contributed by atoms with van der Waals surface area (Å²) in [5.41, 5.74) is 1.87. The van der Waals surface area contributed by atoms with Crippen LogP contribution in [0.5, 0.6) is 0 Å². The zero-order chi connectivity index (χ0) is 15.8. The van der Waals surface area contributed by atoms with E-state index in [0.717, 1.165) is 42.9 Å². The van der Waals surface area contributed by atoms with Gasteiger partial charge in [-0.25, -0.2) is 9.97 Å². The lowest BCUT2D eigenvalue weighted by Crippen LogP contribution is -2.29. The number of hydrogen-bond acceptors (Lipinski definition) is 3. The van der Waals surface area contributed by atoms with Crippen molar-refractivity contribution in [3.05, 3.63) is 24.2 Å². The molecule has 1 saturated heterocycles. The molecule has 0 aromatic carbocycles. The van der Waals surface area contributed by atoms with E-state index >= 15 is 0 Å². The SMILES string of the molecule is Cn1c(C2CCN(C(=O)CC3CCCC3)C2)nc2cccnc21. The molecule has 0 radical (unpaired) electrons. The highest BCUT2D eigenvalue weighted by molar-refractivity contribution is 5.77. The van der Waals surface area contributed by atoms with Crippen LogP contribution in [0, 0.1) is 5.92 Å². The van der Waals surface area contributed by atoms with E-state index < -0.39 is 0 Å². The largest absolute Gasteiger partial charge is 0.342 e. The molecule has 0 N–H and O–H groups in total. The molecule has 0 bridgehead atoms. The molecule has 2 aromatic rings. The smallest absolute Gasteiger partial charge is 0.222 e. The first-order valence-corrected chi connectivity index (χ1v) is 8.77. The second kappa shape index (κ2) is 5.95. The Morgan fingerprint density at radius 2 is 2.13 bits per heavy atom. The number of aryl methyl sites for hydroxylation is 1. The van der Waals surface area contributed by atoms with Gasteiger partial charge in [0.25, 0.3) is 0 Å². The normalized spacial score (nSPS) is 22.3. The fourth-order valence-electron chi connectivity index (χ4n) is 4.19. The van der Waals surface area contributed by atoms with Crippen molar-refractivity contribution in [1.29, 1.82) is 0 Å². The number of aromatic nitrogens is 3. The van der Waals surface area contributed by atoms with E-state index in [-0.39, 0.29) is 0 Å². The maximum absolute atomic E-state index is 12.5. The van der Waals surface area contributed by atoms with Crippen molar-refractivity contribution in [3.8, 4) is 0 Å². The molecule has 2 aliphatic rings. The summed E-state index contributed by atoms with van der Waals surface area (Å²) in [7, 11) is 2.03. The summed E-state index contributed by atoms with van der Waals surface area (Å²) in [5.74, 6) is 2.37. The molecule has 23 heavy (non-hydrogen) atoms. The lowest BCUT2D eigenvalue weighted by molar-refractivity contribution is -0.131. The second-order valence-corrected chi connectivity index (χ2v) is 7.06. The molecule has 2 aromatic heterocycles. The first-order valence-electron chi connectivity index (χ1n) is 8.77. The second-order valence-electron chi connectivity index (χ2n) is 7.06. The first-order chi connectivity index (χ1) is 11.2. The van der Waals surface area contributed by atoms with Gasteiger partial charge in [-0.05, 0) is 37.3 Å². The van der Waals surface area contributed by atoms with Crippen molar-refractivity contribution in [3.63, 3.8) is 0 Å². The quantitative estimate of drug-likeness (QED) is 0.875. The van der Waals surface area contributed by atoms with Gasteiger partial charge >= 0.3 is 0 Å². The molecule has 1 aliphatic heterocycles. The highest BCUT2D eigenvalue weighted by atomic mass is 16.2. The standard InChI is InChI=1S/C18H24N4O/c1-21-17(20-15-7-4-9-19-18(15)21)14-8-10-22(12-14)16(23)11-13-5-2-3-6-13/h4,7,9,13-14H,2-3,5-6,8,10-12H2,1H3. The van der Waals surface area contributed by atoms with Gasteiger partial charge in [0, 0.05) is 38.7 Å². The van der Waals surface area contributed by atoms with Gasteiger partial charge in [-0.15, -0.1) is 0 Å². The van der Waals surface area contributed by atoms with Crippen molar-refractivity contribution in [1.82, 2.24) is 19.4 Å². The number of imidazole rings is 1. The third-order valence-corrected chi connectivity index (χ3v) is 5.51. The summed E-state index contributed by atoms with van der Waals surface area (Å²) in [6.07, 6.45) is 8.63. The summed E-state index contributed by atoms with van der Waals surface area (Å²) >= 11 is 0. The molecular formula is C18H24N4O. The number of nitrogens with zero attached hydrogens (tertiary/aromatic N) is 4. The zero-order valence-corrected chi connectivity index (χ0v) is 13.7. The van der Waals surface area contributed by atoms with Gasteiger partial charge in [-0.2, -0.15) is 0 Å². The fourth-order valence-corrected chi connectivity index (χ4v) is 4.19. The molecule has 0 spiro atoms. The van der Waals surface area contributed by atoms with Gasteiger partial charge in [-0.3, -0.25) is 4.79 Å². The maximum Gasteiger partial charge on any atom is 0.222 e. The maximum atomic E-state index is 12.5. The number of pyridine rings is 1. The van der Waals surface area contributed by atoms with Crippen molar-refractivity contribution in [2.24, 2.45) is 13.0 Å². The Balaban J connectivity index is 1.46. The summed E-state index contributed by atoms with van der Waals surface area (Å²) in [6.45, 7) is 1.68. The van der Waals surface area contributed by atoms with E-state index in [1.165, 1.54) is 25.7 Å². The molecule has 3 heterocycles. The Labute approximate surface area is 136 Å². The number of fused-ring (bicyclic) bond motifs is 1. The minimum Gasteiger partial charge on any atom is -0.342 e. The number of hydrogen-bond donors (Lipinski definition) is 0. The predicted molar refractivity (Wildman–Crippen MR) is 89.0 cm³/mol. The van der Waals surface area contributed by atoms with Gasteiger partial charge in [0.1, 0.15) is 11.3 Å².